The molecule has 2 N–H and O–H groups in total. The van der Waals surface area contributed by atoms with Crippen LogP contribution in [0.3, 0.4) is 0 Å². The Balaban J connectivity index is 1.28. The van der Waals surface area contributed by atoms with Gasteiger partial charge in [-0.3, -0.25) is 14.3 Å². The van der Waals surface area contributed by atoms with Gasteiger partial charge in [0.05, 0.1) is 12.1 Å². The van der Waals surface area contributed by atoms with Gasteiger partial charge in [-0.2, -0.15) is 5.10 Å². The standard InChI is InChI=1S/C29H45N3O3/c1-5-12-29(35)15-14-27(3)20(17-29)6-7-21-22-8-9-24(28(22,4)13-10-23(21)27)25(34)18-32-16-11-26(31-32)30-19(2)33/h11,16,20-24,35H,5-10,12-15,17-18H2,1-4H3,(H,30,31,33)/t20-,21-,22-,23-,24+,27-,28-,29+/m0/s1. The van der Waals surface area contributed by atoms with Crippen LogP contribution in [0.5, 0.6) is 0 Å². The summed E-state index contributed by atoms with van der Waals surface area (Å²) in [5.74, 6) is 3.51. The molecule has 35 heavy (non-hydrogen) atoms. The minimum atomic E-state index is -0.438. The van der Waals surface area contributed by atoms with Crippen molar-refractivity contribution in [2.45, 2.75) is 110 Å². The first kappa shape index (κ1) is 25.0. The van der Waals surface area contributed by atoms with Crippen molar-refractivity contribution in [3.8, 4) is 0 Å². The molecule has 0 aliphatic heterocycles. The number of aliphatic hydroxyl groups is 1. The maximum absolute atomic E-state index is 13.5. The zero-order chi connectivity index (χ0) is 25.0. The molecule has 4 aliphatic rings. The van der Waals surface area contributed by atoms with E-state index >= 15 is 0 Å². The lowest BCUT2D eigenvalue weighted by Crippen LogP contribution is -2.56. The molecule has 4 saturated carbocycles. The van der Waals surface area contributed by atoms with Crippen LogP contribution in [0, 0.1) is 40.4 Å². The number of carbonyl (C=O) groups excluding carboxylic acids is 2. The number of fused-ring (bicyclic) bond motifs is 5. The van der Waals surface area contributed by atoms with Crippen LogP contribution in [0.25, 0.3) is 0 Å². The minimum absolute atomic E-state index is 0.0900. The van der Waals surface area contributed by atoms with Crippen molar-refractivity contribution in [2.75, 3.05) is 5.32 Å². The molecular weight excluding hydrogens is 438 g/mol. The van der Waals surface area contributed by atoms with Crippen LogP contribution in [-0.2, 0) is 16.1 Å². The van der Waals surface area contributed by atoms with Crippen LogP contribution < -0.4 is 5.32 Å². The largest absolute Gasteiger partial charge is 0.390 e. The van der Waals surface area contributed by atoms with Crippen molar-refractivity contribution in [3.63, 3.8) is 0 Å². The van der Waals surface area contributed by atoms with Gasteiger partial charge in [0, 0.05) is 25.1 Å². The van der Waals surface area contributed by atoms with Gasteiger partial charge >= 0.3 is 0 Å². The summed E-state index contributed by atoms with van der Waals surface area (Å²) in [6, 6.07) is 1.75. The Kier molecular flexibility index (Phi) is 6.43. The third-order valence-electron chi connectivity index (χ3n) is 11.2. The van der Waals surface area contributed by atoms with E-state index < -0.39 is 5.60 Å². The Bertz CT molecular complexity index is 974. The van der Waals surface area contributed by atoms with Crippen LogP contribution in [0.4, 0.5) is 5.82 Å². The van der Waals surface area contributed by atoms with Gasteiger partial charge in [-0.05, 0) is 98.7 Å². The molecule has 0 aromatic carbocycles. The third-order valence-corrected chi connectivity index (χ3v) is 11.2. The van der Waals surface area contributed by atoms with Crippen LogP contribution in [0.2, 0.25) is 0 Å². The first-order chi connectivity index (χ1) is 16.6. The second-order valence-corrected chi connectivity index (χ2v) is 13.1. The summed E-state index contributed by atoms with van der Waals surface area (Å²) >= 11 is 0. The number of aromatic nitrogens is 2. The molecule has 4 aliphatic carbocycles. The normalized spacial score (nSPS) is 42.6. The quantitative estimate of drug-likeness (QED) is 0.551. The molecule has 1 aromatic rings. The zero-order valence-electron chi connectivity index (χ0n) is 22.2. The SMILES string of the molecule is CCC[C@@]1(O)CC[C@@]2(C)[C@@H](CC[C@@H]3[C@@H]2CC[C@]2(C)[C@@H](C(=O)Cn4ccc(NC(C)=O)n4)CC[C@@H]32)C1. The number of hydrogen-bond donors (Lipinski definition) is 2. The average molecular weight is 484 g/mol. The molecule has 0 bridgehead atoms. The molecular formula is C29H45N3O3. The van der Waals surface area contributed by atoms with Crippen molar-refractivity contribution in [1.82, 2.24) is 9.78 Å². The molecule has 0 saturated heterocycles. The second-order valence-electron chi connectivity index (χ2n) is 13.1. The lowest BCUT2D eigenvalue weighted by atomic mass is 9.43. The van der Waals surface area contributed by atoms with E-state index in [0.717, 1.165) is 56.8 Å². The summed E-state index contributed by atoms with van der Waals surface area (Å²) in [6.07, 6.45) is 14.0. The Morgan fingerprint density at radius 2 is 1.86 bits per heavy atom. The summed E-state index contributed by atoms with van der Waals surface area (Å²) < 4.78 is 1.68. The van der Waals surface area contributed by atoms with Crippen molar-refractivity contribution < 1.29 is 14.7 Å². The number of carbonyl (C=O) groups is 2. The van der Waals surface area contributed by atoms with E-state index in [1.165, 1.54) is 32.6 Å². The highest BCUT2D eigenvalue weighted by atomic mass is 16.3. The average Bonchev–Trinajstić information content (AvgIpc) is 3.37. The third kappa shape index (κ3) is 4.28. The molecule has 5 rings (SSSR count). The van der Waals surface area contributed by atoms with Crippen LogP contribution >= 0.6 is 0 Å². The van der Waals surface area contributed by atoms with E-state index in [2.05, 4.69) is 31.2 Å². The molecule has 6 heteroatoms. The lowest BCUT2D eigenvalue weighted by molar-refractivity contribution is -0.155. The molecule has 4 fully saturated rings. The van der Waals surface area contributed by atoms with E-state index in [4.69, 9.17) is 0 Å². The first-order valence-corrected chi connectivity index (χ1v) is 14.1. The number of hydrogen-bond acceptors (Lipinski definition) is 4. The van der Waals surface area contributed by atoms with Gasteiger partial charge in [-0.1, -0.05) is 27.2 Å². The summed E-state index contributed by atoms with van der Waals surface area (Å²) in [5, 5.41) is 18.3. The number of Topliss-reactive ketones (excluding diaryl/α,β-unsaturated/α-hetero) is 1. The van der Waals surface area contributed by atoms with Gasteiger partial charge in [0.1, 0.15) is 0 Å². The van der Waals surface area contributed by atoms with Crippen LogP contribution in [0.1, 0.15) is 98.3 Å². The van der Waals surface area contributed by atoms with Crippen molar-refractivity contribution in [2.24, 2.45) is 40.4 Å². The molecule has 1 amide bonds. The monoisotopic (exact) mass is 483 g/mol. The zero-order valence-corrected chi connectivity index (χ0v) is 22.2. The molecule has 1 aromatic heterocycles. The van der Waals surface area contributed by atoms with E-state index in [1.807, 2.05) is 0 Å². The smallest absolute Gasteiger partial charge is 0.222 e. The predicted molar refractivity (Wildman–Crippen MR) is 137 cm³/mol. The summed E-state index contributed by atoms with van der Waals surface area (Å²) in [6.45, 7) is 8.90. The van der Waals surface area contributed by atoms with Crippen molar-refractivity contribution in [3.05, 3.63) is 12.3 Å². The molecule has 1 heterocycles. The Hall–Kier alpha value is -1.69. The molecule has 0 unspecified atom stereocenters. The van der Waals surface area contributed by atoms with Crippen LogP contribution in [-0.4, -0.2) is 32.2 Å². The van der Waals surface area contributed by atoms with Gasteiger partial charge in [0.25, 0.3) is 0 Å². The summed E-state index contributed by atoms with van der Waals surface area (Å²) in [5.41, 5.74) is 0.000284. The van der Waals surface area contributed by atoms with Crippen LogP contribution in [0.15, 0.2) is 12.3 Å². The molecule has 8 atom stereocenters. The van der Waals surface area contributed by atoms with E-state index in [9.17, 15) is 14.7 Å². The fourth-order valence-electron chi connectivity index (χ4n) is 9.51. The van der Waals surface area contributed by atoms with Gasteiger partial charge in [-0.15, -0.1) is 0 Å². The van der Waals surface area contributed by atoms with Gasteiger partial charge in [0.2, 0.25) is 5.91 Å². The number of anilines is 1. The number of ketones is 1. The van der Waals surface area contributed by atoms with Gasteiger partial charge in [-0.25, -0.2) is 0 Å². The molecule has 6 nitrogen and oxygen atoms in total. The van der Waals surface area contributed by atoms with E-state index in [1.54, 1.807) is 16.9 Å². The molecule has 194 valence electrons. The maximum Gasteiger partial charge on any atom is 0.222 e. The summed E-state index contributed by atoms with van der Waals surface area (Å²) in [7, 11) is 0. The number of amides is 1. The highest BCUT2D eigenvalue weighted by Gasteiger charge is 2.61. The first-order valence-electron chi connectivity index (χ1n) is 14.1. The molecule has 0 spiro atoms. The number of nitrogens with zero attached hydrogens (tertiary/aromatic N) is 2. The topological polar surface area (TPSA) is 84.2 Å². The Morgan fingerprint density at radius 3 is 2.60 bits per heavy atom. The molecule has 0 radical (unpaired) electrons. The van der Waals surface area contributed by atoms with E-state index in [-0.39, 0.29) is 23.8 Å². The highest BCUT2D eigenvalue weighted by molar-refractivity contribution is 5.87. The van der Waals surface area contributed by atoms with Crippen molar-refractivity contribution >= 4 is 17.5 Å². The maximum atomic E-state index is 13.5. The Morgan fingerprint density at radius 1 is 1.09 bits per heavy atom. The van der Waals surface area contributed by atoms with E-state index in [0.29, 0.717) is 28.9 Å². The lowest BCUT2D eigenvalue weighted by Gasteiger charge is -2.62. The summed E-state index contributed by atoms with van der Waals surface area (Å²) in [4.78, 5) is 24.8. The van der Waals surface area contributed by atoms with Gasteiger partial charge in [0.15, 0.2) is 11.6 Å². The van der Waals surface area contributed by atoms with Gasteiger partial charge < -0.3 is 10.4 Å². The highest BCUT2D eigenvalue weighted by Crippen LogP contribution is 2.68. The number of nitrogens with one attached hydrogen (secondary N) is 1. The predicted octanol–water partition coefficient (Wildman–Crippen LogP) is 5.60. The Labute approximate surface area is 210 Å². The fourth-order valence-corrected chi connectivity index (χ4v) is 9.51. The second kappa shape index (κ2) is 9.00. The minimum Gasteiger partial charge on any atom is -0.390 e. The van der Waals surface area contributed by atoms with Crippen molar-refractivity contribution in [1.29, 1.82) is 0 Å². The number of rotatable bonds is 6. The fraction of sp³-hybridized carbons (Fsp3) is 0.828.